The van der Waals surface area contributed by atoms with Crippen molar-refractivity contribution in [3.63, 3.8) is 0 Å². The molecule has 1 atom stereocenters. The fraction of sp³-hybridized carbons (Fsp3) is 0.333. The molecule has 19 heavy (non-hydrogen) atoms. The Hall–Kier alpha value is -1.32. The van der Waals surface area contributed by atoms with Crippen LogP contribution in [0.15, 0.2) is 17.0 Å². The summed E-state index contributed by atoms with van der Waals surface area (Å²) in [6.07, 6.45) is 0. The van der Waals surface area contributed by atoms with Crippen LogP contribution in [0, 0.1) is 21.7 Å². The lowest BCUT2D eigenvalue weighted by Crippen LogP contribution is -2.34. The Bertz CT molecular complexity index is 608. The number of sulfonamides is 1. The van der Waals surface area contributed by atoms with Crippen LogP contribution >= 0.6 is 11.6 Å². The summed E-state index contributed by atoms with van der Waals surface area (Å²) in [5.74, 6) is -2.95. The van der Waals surface area contributed by atoms with E-state index in [1.165, 1.54) is 6.92 Å². The highest BCUT2D eigenvalue weighted by molar-refractivity contribution is 7.89. The van der Waals surface area contributed by atoms with Crippen LogP contribution in [-0.2, 0) is 10.0 Å². The van der Waals surface area contributed by atoms with E-state index in [1.807, 2.05) is 4.72 Å². The third-order valence-electron chi connectivity index (χ3n) is 2.08. The van der Waals surface area contributed by atoms with Gasteiger partial charge in [-0.2, -0.15) is 4.39 Å². The van der Waals surface area contributed by atoms with Gasteiger partial charge >= 0.3 is 5.69 Å². The second-order valence-electron chi connectivity index (χ2n) is 3.67. The summed E-state index contributed by atoms with van der Waals surface area (Å²) < 4.78 is 52.0. The molecule has 0 amide bonds. The Labute approximate surface area is 112 Å². The number of nitro groups is 1. The van der Waals surface area contributed by atoms with Gasteiger partial charge in [0.25, 0.3) is 0 Å². The van der Waals surface area contributed by atoms with Gasteiger partial charge in [-0.25, -0.2) is 17.5 Å². The molecule has 0 aliphatic rings. The molecule has 106 valence electrons. The maximum absolute atomic E-state index is 13.4. The predicted octanol–water partition coefficient (Wildman–Crippen LogP) is 1.78. The number of benzene rings is 1. The number of alkyl halides is 1. The molecule has 1 aromatic rings. The molecule has 0 aliphatic carbocycles. The number of nitrogens with one attached hydrogen (secondary N) is 1. The van der Waals surface area contributed by atoms with Crippen molar-refractivity contribution < 1.29 is 22.1 Å². The Morgan fingerprint density at radius 2 is 2.00 bits per heavy atom. The van der Waals surface area contributed by atoms with Gasteiger partial charge < -0.3 is 0 Å². The zero-order chi connectivity index (χ0) is 14.8. The number of hydrogen-bond donors (Lipinski definition) is 1. The summed E-state index contributed by atoms with van der Waals surface area (Å²) in [5.41, 5.74) is -1.12. The largest absolute Gasteiger partial charge is 0.306 e. The van der Waals surface area contributed by atoms with Gasteiger partial charge in [-0.1, -0.05) is 0 Å². The minimum absolute atomic E-state index is 0.0792. The second kappa shape index (κ2) is 5.76. The third kappa shape index (κ3) is 3.58. The molecular weight excluding hydrogens is 306 g/mol. The van der Waals surface area contributed by atoms with Crippen LogP contribution in [0.4, 0.5) is 14.5 Å². The van der Waals surface area contributed by atoms with Gasteiger partial charge in [-0.3, -0.25) is 10.1 Å². The summed E-state index contributed by atoms with van der Waals surface area (Å²) in [7, 11) is -4.36. The number of rotatable bonds is 5. The average Bonchev–Trinajstić information content (AvgIpc) is 2.27. The second-order valence-corrected chi connectivity index (χ2v) is 5.66. The van der Waals surface area contributed by atoms with E-state index in [-0.39, 0.29) is 11.9 Å². The summed E-state index contributed by atoms with van der Waals surface area (Å²) in [4.78, 5) is 8.36. The first kappa shape index (κ1) is 15.7. The summed E-state index contributed by atoms with van der Waals surface area (Å²) in [6, 6.07) is -0.235. The Kier molecular flexibility index (Phi) is 4.77. The fourth-order valence-corrected chi connectivity index (χ4v) is 2.72. The SMILES string of the molecule is CC(CCl)NS(=O)(=O)c1cc([N+](=O)[O-])c(F)cc1F. The Balaban J connectivity index is 3.34. The molecule has 0 saturated carbocycles. The van der Waals surface area contributed by atoms with Gasteiger partial charge in [0.05, 0.1) is 4.92 Å². The zero-order valence-electron chi connectivity index (χ0n) is 9.56. The van der Waals surface area contributed by atoms with E-state index in [1.54, 1.807) is 0 Å². The predicted molar refractivity (Wildman–Crippen MR) is 63.5 cm³/mol. The molecule has 0 bridgehead atoms. The minimum Gasteiger partial charge on any atom is -0.258 e. The fourth-order valence-electron chi connectivity index (χ4n) is 1.22. The molecular formula is C9H9ClF2N2O4S. The Morgan fingerprint density at radius 1 is 1.42 bits per heavy atom. The van der Waals surface area contributed by atoms with Crippen molar-refractivity contribution in [3.05, 3.63) is 33.9 Å². The highest BCUT2D eigenvalue weighted by Gasteiger charge is 2.27. The van der Waals surface area contributed by atoms with Crippen molar-refractivity contribution in [2.24, 2.45) is 0 Å². The third-order valence-corrected chi connectivity index (χ3v) is 4.14. The van der Waals surface area contributed by atoms with E-state index in [0.717, 1.165) is 0 Å². The standard InChI is InChI=1S/C9H9ClF2N2O4S/c1-5(4-10)13-19(17,18)9-3-8(14(15)16)6(11)2-7(9)12/h2-3,5,13H,4H2,1H3. The molecule has 1 N–H and O–H groups in total. The van der Waals surface area contributed by atoms with Crippen LogP contribution in [0.5, 0.6) is 0 Å². The lowest BCUT2D eigenvalue weighted by molar-refractivity contribution is -0.387. The lowest BCUT2D eigenvalue weighted by Gasteiger charge is -2.11. The average molecular weight is 315 g/mol. The number of nitrogens with zero attached hydrogens (tertiary/aromatic N) is 1. The van der Waals surface area contributed by atoms with Crippen molar-refractivity contribution in [2.75, 3.05) is 5.88 Å². The van der Waals surface area contributed by atoms with E-state index in [9.17, 15) is 27.3 Å². The van der Waals surface area contributed by atoms with Gasteiger partial charge in [0.1, 0.15) is 10.7 Å². The molecule has 0 heterocycles. The lowest BCUT2D eigenvalue weighted by atomic mass is 10.3. The van der Waals surface area contributed by atoms with E-state index in [4.69, 9.17) is 11.6 Å². The van der Waals surface area contributed by atoms with Gasteiger partial charge in [-0.05, 0) is 6.92 Å². The molecule has 0 aromatic heterocycles. The van der Waals surface area contributed by atoms with Crippen LogP contribution in [0.3, 0.4) is 0 Å². The van der Waals surface area contributed by atoms with Crippen molar-refractivity contribution in [3.8, 4) is 0 Å². The molecule has 0 fully saturated rings. The van der Waals surface area contributed by atoms with Crippen LogP contribution in [0.2, 0.25) is 0 Å². The molecule has 0 saturated heterocycles. The molecule has 10 heteroatoms. The van der Waals surface area contributed by atoms with E-state index < -0.39 is 43.2 Å². The maximum atomic E-state index is 13.4. The van der Waals surface area contributed by atoms with E-state index >= 15 is 0 Å². The minimum atomic E-state index is -4.36. The summed E-state index contributed by atoms with van der Waals surface area (Å²) in [6.45, 7) is 1.42. The van der Waals surface area contributed by atoms with Crippen LogP contribution in [0.1, 0.15) is 6.92 Å². The molecule has 1 unspecified atom stereocenters. The number of nitro benzene ring substituents is 1. The quantitative estimate of drug-likeness (QED) is 0.509. The van der Waals surface area contributed by atoms with Crippen molar-refractivity contribution in [1.82, 2.24) is 4.72 Å². The topological polar surface area (TPSA) is 89.3 Å². The van der Waals surface area contributed by atoms with Crippen LogP contribution < -0.4 is 4.72 Å². The molecule has 6 nitrogen and oxygen atoms in total. The van der Waals surface area contributed by atoms with E-state index in [0.29, 0.717) is 6.07 Å². The van der Waals surface area contributed by atoms with Crippen LogP contribution in [0.25, 0.3) is 0 Å². The summed E-state index contributed by atoms with van der Waals surface area (Å²) in [5, 5.41) is 10.5. The molecule has 1 rings (SSSR count). The summed E-state index contributed by atoms with van der Waals surface area (Å²) >= 11 is 5.40. The number of hydrogen-bond acceptors (Lipinski definition) is 4. The van der Waals surface area contributed by atoms with Crippen molar-refractivity contribution in [1.29, 1.82) is 0 Å². The first-order valence-electron chi connectivity index (χ1n) is 4.90. The first-order valence-corrected chi connectivity index (χ1v) is 6.92. The zero-order valence-corrected chi connectivity index (χ0v) is 11.1. The molecule has 0 radical (unpaired) electrons. The monoisotopic (exact) mass is 314 g/mol. The van der Waals surface area contributed by atoms with Crippen LogP contribution in [-0.4, -0.2) is 25.3 Å². The highest BCUT2D eigenvalue weighted by Crippen LogP contribution is 2.24. The van der Waals surface area contributed by atoms with Gasteiger partial charge in [0.15, 0.2) is 0 Å². The molecule has 0 spiro atoms. The van der Waals surface area contributed by atoms with Gasteiger partial charge in [-0.15, -0.1) is 11.6 Å². The van der Waals surface area contributed by atoms with Gasteiger partial charge in [0, 0.05) is 24.1 Å². The maximum Gasteiger partial charge on any atom is 0.306 e. The first-order chi connectivity index (χ1) is 8.69. The normalized spacial score (nSPS) is 13.3. The van der Waals surface area contributed by atoms with E-state index in [2.05, 4.69) is 0 Å². The smallest absolute Gasteiger partial charge is 0.258 e. The van der Waals surface area contributed by atoms with Crippen molar-refractivity contribution >= 4 is 27.3 Å². The molecule has 0 aliphatic heterocycles. The van der Waals surface area contributed by atoms with Crippen molar-refractivity contribution in [2.45, 2.75) is 17.9 Å². The number of halogens is 3. The highest BCUT2D eigenvalue weighted by atomic mass is 35.5. The Morgan fingerprint density at radius 3 is 2.47 bits per heavy atom. The molecule has 1 aromatic carbocycles. The van der Waals surface area contributed by atoms with Gasteiger partial charge in [0.2, 0.25) is 15.8 Å².